The number of hydrogen-bond donors (Lipinski definition) is 0. The molecule has 17 heavy (non-hydrogen) atoms. The molecule has 0 saturated carbocycles. The standard InChI is InChI=1S/C13H13ClN2O/c14-12-7-2-1-5-11(12)6-4-10-16-13(17)8-3-9-15-16/h1-3,5,7-9H,4,6,10H2. The summed E-state index contributed by atoms with van der Waals surface area (Å²) in [6.45, 7) is 0.616. The van der Waals surface area contributed by atoms with Crippen LogP contribution in [0.1, 0.15) is 12.0 Å². The van der Waals surface area contributed by atoms with Crippen molar-refractivity contribution < 1.29 is 0 Å². The molecule has 88 valence electrons. The van der Waals surface area contributed by atoms with Crippen molar-refractivity contribution in [1.82, 2.24) is 9.78 Å². The highest BCUT2D eigenvalue weighted by molar-refractivity contribution is 6.31. The monoisotopic (exact) mass is 248 g/mol. The van der Waals surface area contributed by atoms with Crippen LogP contribution in [-0.2, 0) is 13.0 Å². The maximum atomic E-state index is 11.4. The van der Waals surface area contributed by atoms with Crippen molar-refractivity contribution in [3.05, 3.63) is 63.5 Å². The van der Waals surface area contributed by atoms with Gasteiger partial charge in [-0.1, -0.05) is 29.8 Å². The molecule has 2 rings (SSSR count). The molecule has 0 unspecified atom stereocenters. The summed E-state index contributed by atoms with van der Waals surface area (Å²) in [7, 11) is 0. The van der Waals surface area contributed by atoms with Gasteiger partial charge >= 0.3 is 0 Å². The van der Waals surface area contributed by atoms with Gasteiger partial charge in [-0.25, -0.2) is 4.68 Å². The fourth-order valence-corrected chi connectivity index (χ4v) is 1.91. The van der Waals surface area contributed by atoms with E-state index in [1.54, 1.807) is 12.3 Å². The van der Waals surface area contributed by atoms with Gasteiger partial charge < -0.3 is 0 Å². The minimum Gasteiger partial charge on any atom is -0.268 e. The van der Waals surface area contributed by atoms with E-state index in [-0.39, 0.29) is 5.56 Å². The van der Waals surface area contributed by atoms with Gasteiger partial charge in [0.1, 0.15) is 0 Å². The van der Waals surface area contributed by atoms with Gasteiger partial charge in [0, 0.05) is 23.8 Å². The summed E-state index contributed by atoms with van der Waals surface area (Å²) in [5, 5.41) is 4.78. The molecule has 0 saturated heterocycles. The topological polar surface area (TPSA) is 34.9 Å². The zero-order valence-electron chi connectivity index (χ0n) is 9.34. The lowest BCUT2D eigenvalue weighted by Crippen LogP contribution is -2.21. The molecule has 0 atom stereocenters. The lowest BCUT2D eigenvalue weighted by molar-refractivity contribution is 0.548. The highest BCUT2D eigenvalue weighted by Gasteiger charge is 2.00. The van der Waals surface area contributed by atoms with Gasteiger partial charge in [0.15, 0.2) is 0 Å². The lowest BCUT2D eigenvalue weighted by Gasteiger charge is -2.05. The van der Waals surface area contributed by atoms with E-state index in [0.717, 1.165) is 23.4 Å². The van der Waals surface area contributed by atoms with E-state index >= 15 is 0 Å². The minimum atomic E-state index is -0.0633. The van der Waals surface area contributed by atoms with Gasteiger partial charge in [-0.05, 0) is 30.5 Å². The second-order valence-electron chi connectivity index (χ2n) is 3.78. The normalized spacial score (nSPS) is 10.4. The molecule has 0 spiro atoms. The molecule has 0 aliphatic carbocycles. The maximum absolute atomic E-state index is 11.4. The number of aryl methyl sites for hydroxylation is 2. The molecular weight excluding hydrogens is 236 g/mol. The molecular formula is C13H13ClN2O. The molecule has 1 aromatic carbocycles. The molecule has 1 heterocycles. The van der Waals surface area contributed by atoms with E-state index in [2.05, 4.69) is 5.10 Å². The van der Waals surface area contributed by atoms with Crippen LogP contribution in [0.25, 0.3) is 0 Å². The molecule has 2 aromatic rings. The predicted molar refractivity (Wildman–Crippen MR) is 68.3 cm³/mol. The summed E-state index contributed by atoms with van der Waals surface area (Å²) in [4.78, 5) is 11.4. The Balaban J connectivity index is 1.95. The van der Waals surface area contributed by atoms with Gasteiger partial charge in [0.2, 0.25) is 0 Å². The molecule has 1 aromatic heterocycles. The van der Waals surface area contributed by atoms with E-state index in [1.807, 2.05) is 24.3 Å². The number of rotatable bonds is 4. The van der Waals surface area contributed by atoms with Crippen LogP contribution >= 0.6 is 11.6 Å². The van der Waals surface area contributed by atoms with Crippen molar-refractivity contribution in [2.45, 2.75) is 19.4 Å². The molecule has 0 aliphatic heterocycles. The molecule has 0 aliphatic rings. The molecule has 0 bridgehead atoms. The van der Waals surface area contributed by atoms with E-state index in [4.69, 9.17) is 11.6 Å². The van der Waals surface area contributed by atoms with Crippen LogP contribution in [0.3, 0.4) is 0 Å². The molecule has 4 heteroatoms. The molecule has 0 amide bonds. The fourth-order valence-electron chi connectivity index (χ4n) is 1.68. The smallest absolute Gasteiger partial charge is 0.266 e. The molecule has 0 radical (unpaired) electrons. The first kappa shape index (κ1) is 11.9. The average molecular weight is 249 g/mol. The van der Waals surface area contributed by atoms with Gasteiger partial charge in [-0.3, -0.25) is 4.79 Å². The SMILES string of the molecule is O=c1cccnn1CCCc1ccccc1Cl. The first-order chi connectivity index (χ1) is 8.27. The number of nitrogens with zero attached hydrogens (tertiary/aromatic N) is 2. The van der Waals surface area contributed by atoms with E-state index in [9.17, 15) is 4.79 Å². The summed E-state index contributed by atoms with van der Waals surface area (Å²) < 4.78 is 1.47. The maximum Gasteiger partial charge on any atom is 0.266 e. The Morgan fingerprint density at radius 1 is 1.18 bits per heavy atom. The summed E-state index contributed by atoms with van der Waals surface area (Å²) >= 11 is 6.05. The Morgan fingerprint density at radius 2 is 2.00 bits per heavy atom. The summed E-state index contributed by atoms with van der Waals surface area (Å²) in [6.07, 6.45) is 3.32. The van der Waals surface area contributed by atoms with Gasteiger partial charge in [0.05, 0.1) is 0 Å². The van der Waals surface area contributed by atoms with Gasteiger partial charge in [0.25, 0.3) is 5.56 Å². The van der Waals surface area contributed by atoms with Crippen LogP contribution < -0.4 is 5.56 Å². The summed E-state index contributed by atoms with van der Waals surface area (Å²) in [5.74, 6) is 0. The van der Waals surface area contributed by atoms with Gasteiger partial charge in [-0.2, -0.15) is 5.10 Å². The number of benzene rings is 1. The fraction of sp³-hybridized carbons (Fsp3) is 0.231. The van der Waals surface area contributed by atoms with Crippen LogP contribution in [0.5, 0.6) is 0 Å². The van der Waals surface area contributed by atoms with Crippen molar-refractivity contribution in [1.29, 1.82) is 0 Å². The quantitative estimate of drug-likeness (QED) is 0.834. The largest absolute Gasteiger partial charge is 0.268 e. The first-order valence-corrected chi connectivity index (χ1v) is 5.91. The molecule has 0 fully saturated rings. The van der Waals surface area contributed by atoms with Crippen molar-refractivity contribution >= 4 is 11.6 Å². The summed E-state index contributed by atoms with van der Waals surface area (Å²) in [5.41, 5.74) is 1.05. The Kier molecular flexibility index (Phi) is 3.94. The zero-order valence-corrected chi connectivity index (χ0v) is 10.1. The predicted octanol–water partition coefficient (Wildman–Crippen LogP) is 2.53. The van der Waals surface area contributed by atoms with Crippen LogP contribution in [-0.4, -0.2) is 9.78 Å². The Hall–Kier alpha value is -1.61. The minimum absolute atomic E-state index is 0.0633. The molecule has 0 N–H and O–H groups in total. The highest BCUT2D eigenvalue weighted by Crippen LogP contribution is 2.16. The van der Waals surface area contributed by atoms with Crippen LogP contribution in [0.15, 0.2) is 47.4 Å². The van der Waals surface area contributed by atoms with Crippen LogP contribution in [0, 0.1) is 0 Å². The van der Waals surface area contributed by atoms with Crippen molar-refractivity contribution in [2.24, 2.45) is 0 Å². The lowest BCUT2D eigenvalue weighted by atomic mass is 10.1. The van der Waals surface area contributed by atoms with Crippen molar-refractivity contribution in [3.63, 3.8) is 0 Å². The third-order valence-electron chi connectivity index (χ3n) is 2.56. The van der Waals surface area contributed by atoms with Crippen molar-refractivity contribution in [3.8, 4) is 0 Å². The van der Waals surface area contributed by atoms with Gasteiger partial charge in [-0.15, -0.1) is 0 Å². The summed E-state index contributed by atoms with van der Waals surface area (Å²) in [6, 6.07) is 10.9. The number of hydrogen-bond acceptors (Lipinski definition) is 2. The highest BCUT2D eigenvalue weighted by atomic mass is 35.5. The molecule has 3 nitrogen and oxygen atoms in total. The zero-order chi connectivity index (χ0) is 12.1. The number of aromatic nitrogens is 2. The van der Waals surface area contributed by atoms with Crippen LogP contribution in [0.4, 0.5) is 0 Å². The van der Waals surface area contributed by atoms with E-state index in [0.29, 0.717) is 6.54 Å². The third kappa shape index (κ3) is 3.17. The van der Waals surface area contributed by atoms with E-state index < -0.39 is 0 Å². The first-order valence-electron chi connectivity index (χ1n) is 5.53. The third-order valence-corrected chi connectivity index (χ3v) is 2.93. The Morgan fingerprint density at radius 3 is 2.76 bits per heavy atom. The van der Waals surface area contributed by atoms with Crippen molar-refractivity contribution in [2.75, 3.05) is 0 Å². The number of halogens is 1. The second-order valence-corrected chi connectivity index (χ2v) is 4.19. The van der Waals surface area contributed by atoms with E-state index in [1.165, 1.54) is 10.7 Å². The Bertz CT molecular complexity index is 551. The van der Waals surface area contributed by atoms with Crippen LogP contribution in [0.2, 0.25) is 5.02 Å². The Labute approximate surface area is 105 Å². The average Bonchev–Trinajstić information content (AvgIpc) is 2.34. The second kappa shape index (κ2) is 5.64.